The Balaban J connectivity index is 1.87. The van der Waals surface area contributed by atoms with Gasteiger partial charge < -0.3 is 15.4 Å². The average molecular weight is 413 g/mol. The molecule has 0 unspecified atom stereocenters. The number of benzene rings is 2. The van der Waals surface area contributed by atoms with Gasteiger partial charge in [-0.1, -0.05) is 11.6 Å². The van der Waals surface area contributed by atoms with Gasteiger partial charge in [0.05, 0.1) is 12.8 Å². The van der Waals surface area contributed by atoms with Crippen LogP contribution in [0.3, 0.4) is 0 Å². The zero-order chi connectivity index (χ0) is 21.0. The third-order valence-electron chi connectivity index (χ3n) is 4.54. The van der Waals surface area contributed by atoms with Crippen molar-refractivity contribution in [2.24, 2.45) is 5.10 Å². The fraction of sp³-hybridized carbons (Fsp3) is 0.273. The van der Waals surface area contributed by atoms with E-state index in [1.165, 1.54) is 5.57 Å². The van der Waals surface area contributed by atoms with E-state index in [4.69, 9.17) is 16.3 Å². The zero-order valence-electron chi connectivity index (χ0n) is 17.0. The molecule has 0 fully saturated rings. The van der Waals surface area contributed by atoms with E-state index >= 15 is 0 Å². The minimum atomic E-state index is -0.337. The first-order chi connectivity index (χ1) is 13.9. The summed E-state index contributed by atoms with van der Waals surface area (Å²) in [5.41, 5.74) is 4.40. The number of rotatable bonds is 5. The number of hydrogen-bond donors (Lipinski definition) is 2. The maximum absolute atomic E-state index is 12.4. The van der Waals surface area contributed by atoms with E-state index in [2.05, 4.69) is 36.5 Å². The van der Waals surface area contributed by atoms with E-state index in [0.717, 1.165) is 23.4 Å². The Kier molecular flexibility index (Phi) is 6.44. The number of halogens is 1. The molecular weight excluding hydrogens is 388 g/mol. The molecule has 2 N–H and O–H groups in total. The lowest BCUT2D eigenvalue weighted by Gasteiger charge is -2.31. The van der Waals surface area contributed by atoms with E-state index < -0.39 is 0 Å². The third kappa shape index (κ3) is 4.90. The third-order valence-corrected chi connectivity index (χ3v) is 4.79. The summed E-state index contributed by atoms with van der Waals surface area (Å²) >= 11 is 5.89. The van der Waals surface area contributed by atoms with Gasteiger partial charge in [-0.25, -0.2) is 4.79 Å². The van der Waals surface area contributed by atoms with Crippen LogP contribution < -0.4 is 15.4 Å². The van der Waals surface area contributed by atoms with Gasteiger partial charge in [-0.2, -0.15) is 5.10 Å². The van der Waals surface area contributed by atoms with E-state index in [1.54, 1.807) is 31.4 Å². The van der Waals surface area contributed by atoms with Crippen LogP contribution in [0.4, 0.5) is 16.2 Å². The van der Waals surface area contributed by atoms with Crippen LogP contribution in [0.5, 0.6) is 5.75 Å². The standard InChI is InChI=1S/C22H25ClN4O2/c1-14(2)27-21(15(3)11-12-24-27)19-13-18(9-10-20(19)29-4)26-22(28)25-17-7-5-16(23)6-8-17/h5-10,12-14H,11H2,1-4H3,(H2,25,26,28). The van der Waals surface area contributed by atoms with Crippen molar-refractivity contribution in [2.45, 2.75) is 33.2 Å². The number of allylic oxidation sites excluding steroid dienone is 1. The van der Waals surface area contributed by atoms with E-state index in [-0.39, 0.29) is 12.1 Å². The number of hydrazone groups is 1. The van der Waals surface area contributed by atoms with Crippen molar-refractivity contribution in [3.8, 4) is 5.75 Å². The molecule has 0 aromatic heterocycles. The molecule has 2 aromatic carbocycles. The molecule has 2 amide bonds. The Morgan fingerprint density at radius 2 is 1.79 bits per heavy atom. The number of nitrogens with one attached hydrogen (secondary N) is 2. The lowest BCUT2D eigenvalue weighted by Crippen LogP contribution is -2.27. The summed E-state index contributed by atoms with van der Waals surface area (Å²) in [5, 5.41) is 12.8. The summed E-state index contributed by atoms with van der Waals surface area (Å²) in [7, 11) is 1.64. The summed E-state index contributed by atoms with van der Waals surface area (Å²) in [6, 6.07) is 12.4. The number of urea groups is 1. The zero-order valence-corrected chi connectivity index (χ0v) is 17.7. The largest absolute Gasteiger partial charge is 0.496 e. The van der Waals surface area contributed by atoms with Crippen LogP contribution in [-0.2, 0) is 0 Å². The minimum Gasteiger partial charge on any atom is -0.496 e. The lowest BCUT2D eigenvalue weighted by atomic mass is 10.0. The molecule has 1 heterocycles. The van der Waals surface area contributed by atoms with Crippen LogP contribution in [0.15, 0.2) is 53.1 Å². The van der Waals surface area contributed by atoms with Crippen LogP contribution >= 0.6 is 11.6 Å². The number of anilines is 2. The van der Waals surface area contributed by atoms with E-state index in [9.17, 15) is 4.79 Å². The van der Waals surface area contributed by atoms with Crippen LogP contribution in [0.25, 0.3) is 5.70 Å². The molecule has 2 aromatic rings. The molecule has 1 aliphatic rings. The minimum absolute atomic E-state index is 0.186. The molecule has 0 atom stereocenters. The highest BCUT2D eigenvalue weighted by Gasteiger charge is 2.23. The summed E-state index contributed by atoms with van der Waals surface area (Å²) in [5.74, 6) is 0.728. The highest BCUT2D eigenvalue weighted by atomic mass is 35.5. The van der Waals surface area contributed by atoms with Crippen LogP contribution in [-0.4, -0.2) is 30.4 Å². The van der Waals surface area contributed by atoms with Crippen molar-refractivity contribution in [1.29, 1.82) is 0 Å². The molecule has 0 saturated heterocycles. The summed E-state index contributed by atoms with van der Waals surface area (Å²) in [6.07, 6.45) is 2.68. The Bertz CT molecular complexity index is 952. The summed E-state index contributed by atoms with van der Waals surface area (Å²) < 4.78 is 5.59. The Morgan fingerprint density at radius 3 is 2.45 bits per heavy atom. The second kappa shape index (κ2) is 9.01. The maximum atomic E-state index is 12.4. The fourth-order valence-corrected chi connectivity index (χ4v) is 3.28. The first kappa shape index (κ1) is 20.7. The molecular formula is C22H25ClN4O2. The number of amides is 2. The van der Waals surface area contributed by atoms with E-state index in [1.807, 2.05) is 29.4 Å². The smallest absolute Gasteiger partial charge is 0.323 e. The van der Waals surface area contributed by atoms with Crippen molar-refractivity contribution in [1.82, 2.24) is 5.01 Å². The number of hydrogen-bond acceptors (Lipinski definition) is 4. The molecule has 0 bridgehead atoms. The number of ether oxygens (including phenoxy) is 1. The van der Waals surface area contributed by atoms with Crippen molar-refractivity contribution >= 4 is 40.9 Å². The molecule has 1 aliphatic heterocycles. The van der Waals surface area contributed by atoms with Crippen LogP contribution in [0.2, 0.25) is 5.02 Å². The molecule has 3 rings (SSSR count). The second-order valence-electron chi connectivity index (χ2n) is 7.07. The number of carbonyl (C=O) groups excluding carboxylic acids is 1. The summed E-state index contributed by atoms with van der Waals surface area (Å²) in [6.45, 7) is 6.26. The molecule has 29 heavy (non-hydrogen) atoms. The normalized spacial score (nSPS) is 13.7. The van der Waals surface area contributed by atoms with Gasteiger partial charge in [-0.05, 0) is 68.8 Å². The average Bonchev–Trinajstić information content (AvgIpc) is 2.69. The fourth-order valence-electron chi connectivity index (χ4n) is 3.16. The van der Waals surface area contributed by atoms with Crippen molar-refractivity contribution in [3.05, 3.63) is 58.6 Å². The number of carbonyl (C=O) groups is 1. The van der Waals surface area contributed by atoms with Gasteiger partial charge in [-0.3, -0.25) is 5.01 Å². The highest BCUT2D eigenvalue weighted by molar-refractivity contribution is 6.30. The van der Waals surface area contributed by atoms with Crippen molar-refractivity contribution in [3.63, 3.8) is 0 Å². The quantitative estimate of drug-likeness (QED) is 0.649. The Hall–Kier alpha value is -2.99. The Labute approximate surface area is 176 Å². The highest BCUT2D eigenvalue weighted by Crippen LogP contribution is 2.36. The predicted molar refractivity (Wildman–Crippen MR) is 120 cm³/mol. The second-order valence-corrected chi connectivity index (χ2v) is 7.51. The molecule has 6 nitrogen and oxygen atoms in total. The van der Waals surface area contributed by atoms with Gasteiger partial charge in [0, 0.05) is 40.6 Å². The molecule has 152 valence electrons. The van der Waals surface area contributed by atoms with Gasteiger partial charge >= 0.3 is 6.03 Å². The maximum Gasteiger partial charge on any atom is 0.323 e. The molecule has 7 heteroatoms. The molecule has 0 saturated carbocycles. The molecule has 0 aliphatic carbocycles. The number of methoxy groups -OCH3 is 1. The molecule has 0 spiro atoms. The van der Waals surface area contributed by atoms with Crippen molar-refractivity contribution < 1.29 is 9.53 Å². The Morgan fingerprint density at radius 1 is 1.14 bits per heavy atom. The van der Waals surface area contributed by atoms with Crippen molar-refractivity contribution in [2.75, 3.05) is 17.7 Å². The first-order valence-electron chi connectivity index (χ1n) is 9.42. The molecule has 0 radical (unpaired) electrons. The SMILES string of the molecule is COc1ccc(NC(=O)Nc2ccc(Cl)cc2)cc1C1=C(C)CC=NN1C(C)C. The van der Waals surface area contributed by atoms with Gasteiger partial charge in [0.1, 0.15) is 5.75 Å². The number of nitrogens with zero attached hydrogens (tertiary/aromatic N) is 2. The van der Waals surface area contributed by atoms with Crippen LogP contribution in [0.1, 0.15) is 32.8 Å². The van der Waals surface area contributed by atoms with Gasteiger partial charge in [0.15, 0.2) is 0 Å². The lowest BCUT2D eigenvalue weighted by molar-refractivity contribution is 0.262. The van der Waals surface area contributed by atoms with Gasteiger partial charge in [-0.15, -0.1) is 0 Å². The summed E-state index contributed by atoms with van der Waals surface area (Å²) in [4.78, 5) is 12.4. The van der Waals surface area contributed by atoms with E-state index in [0.29, 0.717) is 16.4 Å². The first-order valence-corrected chi connectivity index (χ1v) is 9.80. The topological polar surface area (TPSA) is 66.0 Å². The van der Waals surface area contributed by atoms with Gasteiger partial charge in [0.2, 0.25) is 0 Å². The monoisotopic (exact) mass is 412 g/mol. The predicted octanol–water partition coefficient (Wildman–Crippen LogP) is 5.82. The van der Waals surface area contributed by atoms with Crippen LogP contribution in [0, 0.1) is 0 Å². The van der Waals surface area contributed by atoms with Gasteiger partial charge in [0.25, 0.3) is 0 Å².